The van der Waals surface area contributed by atoms with E-state index in [1.165, 1.54) is 0 Å². The quantitative estimate of drug-likeness (QED) is 0.411. The van der Waals surface area contributed by atoms with Crippen molar-refractivity contribution in [3.63, 3.8) is 0 Å². The topological polar surface area (TPSA) is 133 Å². The first-order chi connectivity index (χ1) is 11.5. The zero-order chi connectivity index (χ0) is 17.1. The number of nitrogens with two attached hydrogens (primary N) is 1. The standard InChI is InChI=1S/C16H22N6O2/c17-16(18)20-8-9-1-3-10(4-2-9)15(24)21-12-5-6-19-14-11(12)7-13(23)22-14/h5-6,9-10H,1-4,7-8H2,(H4,17,18,20)(H2,19,21,22,23,24)/t9-,10-. The molecule has 0 unspecified atom stereocenters. The molecule has 0 spiro atoms. The van der Waals surface area contributed by atoms with Crippen molar-refractivity contribution < 1.29 is 9.59 Å². The third kappa shape index (κ3) is 3.64. The Bertz CT molecular complexity index is 667. The molecule has 0 radical (unpaired) electrons. The van der Waals surface area contributed by atoms with Crippen LogP contribution in [0, 0.1) is 17.2 Å². The van der Waals surface area contributed by atoms with Crippen molar-refractivity contribution in [2.45, 2.75) is 32.1 Å². The molecule has 24 heavy (non-hydrogen) atoms. The van der Waals surface area contributed by atoms with Crippen molar-refractivity contribution in [1.29, 1.82) is 5.41 Å². The van der Waals surface area contributed by atoms with E-state index in [1.54, 1.807) is 12.3 Å². The van der Waals surface area contributed by atoms with Gasteiger partial charge in [-0.05, 0) is 37.7 Å². The van der Waals surface area contributed by atoms with E-state index in [-0.39, 0.29) is 30.1 Å². The number of carbonyl (C=O) groups excluding carboxylic acids is 2. The predicted octanol–water partition coefficient (Wildman–Crippen LogP) is 0.804. The summed E-state index contributed by atoms with van der Waals surface area (Å²) in [5, 5.41) is 15.7. The van der Waals surface area contributed by atoms with E-state index in [1.807, 2.05) is 0 Å². The van der Waals surface area contributed by atoms with Crippen LogP contribution in [0.4, 0.5) is 11.5 Å². The fourth-order valence-electron chi connectivity index (χ4n) is 3.35. The van der Waals surface area contributed by atoms with Gasteiger partial charge >= 0.3 is 0 Å². The van der Waals surface area contributed by atoms with Gasteiger partial charge in [0.2, 0.25) is 11.8 Å². The van der Waals surface area contributed by atoms with Crippen molar-refractivity contribution >= 4 is 29.3 Å². The Morgan fingerprint density at radius 2 is 2.12 bits per heavy atom. The predicted molar refractivity (Wildman–Crippen MR) is 90.6 cm³/mol. The Kier molecular flexibility index (Phi) is 4.64. The molecule has 0 bridgehead atoms. The van der Waals surface area contributed by atoms with Gasteiger partial charge in [0.05, 0.1) is 6.42 Å². The van der Waals surface area contributed by atoms with Gasteiger partial charge in [-0.15, -0.1) is 0 Å². The molecule has 0 saturated heterocycles. The molecule has 2 heterocycles. The summed E-state index contributed by atoms with van der Waals surface area (Å²) in [6.07, 6.45) is 5.35. The number of carbonyl (C=O) groups is 2. The van der Waals surface area contributed by atoms with Crippen molar-refractivity contribution in [3.05, 3.63) is 17.8 Å². The number of pyridine rings is 1. The highest BCUT2D eigenvalue weighted by atomic mass is 16.2. The summed E-state index contributed by atoms with van der Waals surface area (Å²) < 4.78 is 0. The minimum absolute atomic E-state index is 0.000672. The number of fused-ring (bicyclic) bond motifs is 1. The molecule has 8 heteroatoms. The minimum atomic E-state index is -0.0994. The maximum atomic E-state index is 12.5. The van der Waals surface area contributed by atoms with E-state index in [2.05, 4.69) is 20.9 Å². The molecule has 3 rings (SSSR count). The van der Waals surface area contributed by atoms with Crippen molar-refractivity contribution in [1.82, 2.24) is 10.3 Å². The molecular formula is C16H22N6O2. The van der Waals surface area contributed by atoms with Crippen LogP contribution in [0.2, 0.25) is 0 Å². The number of nitrogens with one attached hydrogen (secondary N) is 4. The zero-order valence-electron chi connectivity index (χ0n) is 13.4. The van der Waals surface area contributed by atoms with Crippen LogP contribution >= 0.6 is 0 Å². The Balaban J connectivity index is 1.55. The van der Waals surface area contributed by atoms with Gasteiger partial charge in [-0.3, -0.25) is 15.0 Å². The fourth-order valence-corrected chi connectivity index (χ4v) is 3.35. The number of rotatable bonds is 4. The maximum absolute atomic E-state index is 12.5. The average molecular weight is 330 g/mol. The first-order valence-electron chi connectivity index (χ1n) is 8.19. The molecule has 0 aromatic carbocycles. The number of hydrogen-bond acceptors (Lipinski definition) is 4. The van der Waals surface area contributed by atoms with E-state index in [0.717, 1.165) is 31.2 Å². The maximum Gasteiger partial charge on any atom is 0.230 e. The third-order valence-corrected chi connectivity index (χ3v) is 4.71. The molecule has 6 N–H and O–H groups in total. The average Bonchev–Trinajstić information content (AvgIpc) is 2.94. The largest absolute Gasteiger partial charge is 0.370 e. The fraction of sp³-hybridized carbons (Fsp3) is 0.500. The monoisotopic (exact) mass is 330 g/mol. The van der Waals surface area contributed by atoms with Crippen molar-refractivity contribution in [2.24, 2.45) is 17.6 Å². The summed E-state index contributed by atoms with van der Waals surface area (Å²) in [6, 6.07) is 1.74. The van der Waals surface area contributed by atoms with Gasteiger partial charge in [0.25, 0.3) is 0 Å². The highest BCUT2D eigenvalue weighted by Crippen LogP contribution is 2.31. The summed E-state index contributed by atoms with van der Waals surface area (Å²) >= 11 is 0. The molecule has 1 saturated carbocycles. The van der Waals surface area contributed by atoms with E-state index in [0.29, 0.717) is 24.0 Å². The number of guanidine groups is 1. The normalized spacial score (nSPS) is 22.4. The second kappa shape index (κ2) is 6.86. The third-order valence-electron chi connectivity index (χ3n) is 4.71. The van der Waals surface area contributed by atoms with Crippen LogP contribution in [0.15, 0.2) is 12.3 Å². The van der Waals surface area contributed by atoms with Gasteiger partial charge in [0.1, 0.15) is 5.82 Å². The molecule has 1 aromatic rings. The first kappa shape index (κ1) is 16.2. The lowest BCUT2D eigenvalue weighted by atomic mass is 9.81. The summed E-state index contributed by atoms with van der Waals surface area (Å²) in [7, 11) is 0. The summed E-state index contributed by atoms with van der Waals surface area (Å²) in [4.78, 5) is 28.1. The van der Waals surface area contributed by atoms with Crippen LogP contribution < -0.4 is 21.7 Å². The van der Waals surface area contributed by atoms with Gasteiger partial charge in [0, 0.05) is 29.9 Å². The molecule has 2 aliphatic rings. The van der Waals surface area contributed by atoms with E-state index < -0.39 is 0 Å². The smallest absolute Gasteiger partial charge is 0.230 e. The molecule has 1 fully saturated rings. The first-order valence-corrected chi connectivity index (χ1v) is 8.19. The number of amides is 2. The van der Waals surface area contributed by atoms with Crippen molar-refractivity contribution in [3.8, 4) is 0 Å². The van der Waals surface area contributed by atoms with Crippen LogP contribution in [0.1, 0.15) is 31.2 Å². The van der Waals surface area contributed by atoms with Crippen molar-refractivity contribution in [2.75, 3.05) is 17.2 Å². The van der Waals surface area contributed by atoms with Gasteiger partial charge in [0.15, 0.2) is 5.96 Å². The van der Waals surface area contributed by atoms with Gasteiger partial charge in [-0.2, -0.15) is 0 Å². The van der Waals surface area contributed by atoms with Gasteiger partial charge in [-0.25, -0.2) is 4.98 Å². The Morgan fingerprint density at radius 3 is 2.83 bits per heavy atom. The highest BCUT2D eigenvalue weighted by Gasteiger charge is 2.28. The molecule has 8 nitrogen and oxygen atoms in total. The molecule has 1 aliphatic heterocycles. The van der Waals surface area contributed by atoms with Gasteiger partial charge < -0.3 is 21.7 Å². The van der Waals surface area contributed by atoms with Crippen LogP contribution in [0.3, 0.4) is 0 Å². The van der Waals surface area contributed by atoms with E-state index >= 15 is 0 Å². The second-order valence-electron chi connectivity index (χ2n) is 6.41. The second-order valence-corrected chi connectivity index (χ2v) is 6.41. The molecule has 1 aromatic heterocycles. The van der Waals surface area contributed by atoms with Crippen LogP contribution in [-0.4, -0.2) is 29.3 Å². The number of aromatic nitrogens is 1. The molecule has 0 atom stereocenters. The molecular weight excluding hydrogens is 308 g/mol. The summed E-state index contributed by atoms with van der Waals surface area (Å²) in [6.45, 7) is 0.690. The Morgan fingerprint density at radius 1 is 1.38 bits per heavy atom. The summed E-state index contributed by atoms with van der Waals surface area (Å²) in [5.41, 5.74) is 6.73. The molecule has 2 amide bonds. The lowest BCUT2D eigenvalue weighted by molar-refractivity contribution is -0.121. The van der Waals surface area contributed by atoms with E-state index in [9.17, 15) is 9.59 Å². The number of hydrogen-bond donors (Lipinski definition) is 5. The SMILES string of the molecule is N=C(N)NC[C@H]1CC[C@H](C(=O)Nc2ccnc3c2CC(=O)N3)CC1. The Labute approximate surface area is 140 Å². The molecule has 128 valence electrons. The highest BCUT2D eigenvalue weighted by molar-refractivity contribution is 6.02. The lowest BCUT2D eigenvalue weighted by Gasteiger charge is -2.28. The van der Waals surface area contributed by atoms with Crippen LogP contribution in [-0.2, 0) is 16.0 Å². The number of nitrogens with zero attached hydrogens (tertiary/aromatic N) is 1. The minimum Gasteiger partial charge on any atom is -0.370 e. The zero-order valence-corrected chi connectivity index (χ0v) is 13.4. The van der Waals surface area contributed by atoms with Crippen LogP contribution in [0.5, 0.6) is 0 Å². The van der Waals surface area contributed by atoms with E-state index in [4.69, 9.17) is 11.1 Å². The summed E-state index contributed by atoms with van der Waals surface area (Å²) in [5.74, 6) is 0.859. The van der Waals surface area contributed by atoms with Crippen LogP contribution in [0.25, 0.3) is 0 Å². The lowest BCUT2D eigenvalue weighted by Crippen LogP contribution is -2.36. The Hall–Kier alpha value is -2.64. The number of anilines is 2. The molecule has 1 aliphatic carbocycles. The van der Waals surface area contributed by atoms with Gasteiger partial charge in [-0.1, -0.05) is 0 Å².